The minimum atomic E-state index is -0.354. The Morgan fingerprint density at radius 3 is 2.56 bits per heavy atom. The Hall–Kier alpha value is -1.63. The van der Waals surface area contributed by atoms with Crippen molar-refractivity contribution in [1.82, 2.24) is 10.3 Å². The summed E-state index contributed by atoms with van der Waals surface area (Å²) in [6.45, 7) is 0. The second kappa shape index (κ2) is 8.17. The summed E-state index contributed by atoms with van der Waals surface area (Å²) in [5, 5.41) is 8.38. The topological polar surface area (TPSA) is 71.1 Å². The van der Waals surface area contributed by atoms with Gasteiger partial charge in [-0.15, -0.1) is 11.3 Å². The molecule has 1 aromatic heterocycles. The second-order valence-electron chi connectivity index (χ2n) is 5.93. The molecule has 0 bridgehead atoms. The van der Waals surface area contributed by atoms with Gasteiger partial charge in [0.2, 0.25) is 0 Å². The summed E-state index contributed by atoms with van der Waals surface area (Å²) < 4.78 is 0. The number of amides is 2. The Kier molecular flexibility index (Phi) is 5.93. The number of hydrogen-bond donors (Lipinski definition) is 2. The number of carbonyl (C=O) groups excluding carboxylic acids is 2. The highest BCUT2D eigenvalue weighted by Gasteiger charge is 2.19. The SMILES string of the molecule is O=C(Nc1nc(C(=O)NC2CCCCC2)cs1)c1ccc(Cl)c(Cl)c1. The predicted molar refractivity (Wildman–Crippen MR) is 101 cm³/mol. The smallest absolute Gasteiger partial charge is 0.271 e. The fraction of sp³-hybridized carbons (Fsp3) is 0.353. The Morgan fingerprint density at radius 2 is 1.84 bits per heavy atom. The van der Waals surface area contributed by atoms with Crippen molar-refractivity contribution in [2.75, 3.05) is 5.32 Å². The van der Waals surface area contributed by atoms with Gasteiger partial charge < -0.3 is 5.32 Å². The zero-order valence-corrected chi connectivity index (χ0v) is 15.7. The van der Waals surface area contributed by atoms with Gasteiger partial charge in [0.1, 0.15) is 5.69 Å². The molecule has 1 fully saturated rings. The fourth-order valence-corrected chi connectivity index (χ4v) is 3.73. The van der Waals surface area contributed by atoms with Crippen molar-refractivity contribution >= 4 is 51.5 Å². The van der Waals surface area contributed by atoms with Crippen LogP contribution in [0.3, 0.4) is 0 Å². The van der Waals surface area contributed by atoms with E-state index in [2.05, 4.69) is 15.6 Å². The van der Waals surface area contributed by atoms with E-state index in [4.69, 9.17) is 23.2 Å². The lowest BCUT2D eigenvalue weighted by molar-refractivity contribution is 0.0922. The number of halogens is 2. The molecule has 8 heteroatoms. The number of carbonyl (C=O) groups is 2. The van der Waals surface area contributed by atoms with Gasteiger partial charge in [0.15, 0.2) is 5.13 Å². The minimum Gasteiger partial charge on any atom is -0.348 e. The van der Waals surface area contributed by atoms with Crippen molar-refractivity contribution < 1.29 is 9.59 Å². The molecule has 0 atom stereocenters. The first-order valence-corrected chi connectivity index (χ1v) is 9.69. The molecule has 0 radical (unpaired) electrons. The van der Waals surface area contributed by atoms with E-state index in [0.717, 1.165) is 25.7 Å². The van der Waals surface area contributed by atoms with Crippen molar-refractivity contribution in [3.63, 3.8) is 0 Å². The molecule has 1 aliphatic rings. The van der Waals surface area contributed by atoms with Crippen LogP contribution >= 0.6 is 34.5 Å². The first kappa shape index (κ1) is 18.2. The quantitative estimate of drug-likeness (QED) is 0.780. The van der Waals surface area contributed by atoms with Crippen LogP contribution in [-0.2, 0) is 0 Å². The summed E-state index contributed by atoms with van der Waals surface area (Å²) >= 11 is 13.0. The highest BCUT2D eigenvalue weighted by molar-refractivity contribution is 7.14. The van der Waals surface area contributed by atoms with Crippen LogP contribution in [0, 0.1) is 0 Å². The summed E-state index contributed by atoms with van der Waals surface area (Å²) in [4.78, 5) is 28.7. The lowest BCUT2D eigenvalue weighted by atomic mass is 9.95. The second-order valence-corrected chi connectivity index (χ2v) is 7.60. The highest BCUT2D eigenvalue weighted by Crippen LogP contribution is 2.24. The number of thiazole rings is 1. The summed E-state index contributed by atoms with van der Waals surface area (Å²) in [6.07, 6.45) is 5.54. The molecule has 0 spiro atoms. The Morgan fingerprint density at radius 1 is 1.08 bits per heavy atom. The molecule has 1 aliphatic carbocycles. The molecule has 25 heavy (non-hydrogen) atoms. The molecular formula is C17H17Cl2N3O2S. The molecule has 5 nitrogen and oxygen atoms in total. The standard InChI is InChI=1S/C17H17Cl2N3O2S/c18-12-7-6-10(8-13(12)19)15(23)22-17-21-14(9-25-17)16(24)20-11-4-2-1-3-5-11/h6-9,11H,1-5H2,(H,20,24)(H,21,22,23). The Bertz CT molecular complexity index is 788. The van der Waals surface area contributed by atoms with Crippen LogP contribution in [0.5, 0.6) is 0 Å². The van der Waals surface area contributed by atoms with Crippen LogP contribution in [0.15, 0.2) is 23.6 Å². The van der Waals surface area contributed by atoms with E-state index in [1.165, 1.54) is 23.8 Å². The number of aromatic nitrogens is 1. The Balaban J connectivity index is 1.61. The third-order valence-corrected chi connectivity index (χ3v) is 5.58. The number of nitrogens with one attached hydrogen (secondary N) is 2. The van der Waals surface area contributed by atoms with Crippen molar-refractivity contribution in [3.05, 3.63) is 44.9 Å². The highest BCUT2D eigenvalue weighted by atomic mass is 35.5. The van der Waals surface area contributed by atoms with E-state index in [1.807, 2.05) is 0 Å². The molecule has 3 rings (SSSR count). The predicted octanol–water partition coefficient (Wildman–Crippen LogP) is 4.76. The van der Waals surface area contributed by atoms with E-state index < -0.39 is 0 Å². The summed E-state index contributed by atoms with van der Waals surface area (Å²) in [5.74, 6) is -0.551. The van der Waals surface area contributed by atoms with E-state index >= 15 is 0 Å². The molecule has 2 aromatic rings. The van der Waals surface area contributed by atoms with Gasteiger partial charge in [-0.2, -0.15) is 0 Å². The average molecular weight is 398 g/mol. The average Bonchev–Trinajstić information content (AvgIpc) is 3.07. The Labute approximate surface area is 159 Å². The van der Waals surface area contributed by atoms with E-state index in [1.54, 1.807) is 17.5 Å². The minimum absolute atomic E-state index is 0.196. The lowest BCUT2D eigenvalue weighted by Gasteiger charge is -2.22. The molecule has 1 heterocycles. The third-order valence-electron chi connectivity index (χ3n) is 4.08. The van der Waals surface area contributed by atoms with Gasteiger partial charge in [0, 0.05) is 17.0 Å². The van der Waals surface area contributed by atoms with Crippen molar-refractivity contribution in [1.29, 1.82) is 0 Å². The normalized spacial score (nSPS) is 15.0. The fourth-order valence-electron chi connectivity index (χ4n) is 2.75. The van der Waals surface area contributed by atoms with Crippen LogP contribution in [-0.4, -0.2) is 22.8 Å². The molecule has 132 valence electrons. The van der Waals surface area contributed by atoms with Crippen molar-refractivity contribution in [2.24, 2.45) is 0 Å². The number of nitrogens with zero attached hydrogens (tertiary/aromatic N) is 1. The van der Waals surface area contributed by atoms with Gasteiger partial charge in [-0.3, -0.25) is 14.9 Å². The monoisotopic (exact) mass is 397 g/mol. The maximum Gasteiger partial charge on any atom is 0.271 e. The van der Waals surface area contributed by atoms with Crippen LogP contribution in [0.4, 0.5) is 5.13 Å². The first-order valence-electron chi connectivity index (χ1n) is 8.06. The van der Waals surface area contributed by atoms with Gasteiger partial charge >= 0.3 is 0 Å². The maximum absolute atomic E-state index is 12.3. The first-order chi connectivity index (χ1) is 12.0. The van der Waals surface area contributed by atoms with E-state index in [9.17, 15) is 9.59 Å². The van der Waals surface area contributed by atoms with Crippen LogP contribution in [0.1, 0.15) is 53.0 Å². The van der Waals surface area contributed by atoms with Crippen molar-refractivity contribution in [2.45, 2.75) is 38.1 Å². The van der Waals surface area contributed by atoms with Crippen LogP contribution in [0.2, 0.25) is 10.0 Å². The largest absolute Gasteiger partial charge is 0.348 e. The van der Waals surface area contributed by atoms with Crippen molar-refractivity contribution in [3.8, 4) is 0 Å². The molecule has 0 unspecified atom stereocenters. The van der Waals surface area contributed by atoms with Gasteiger partial charge in [0.25, 0.3) is 11.8 Å². The molecular weight excluding hydrogens is 381 g/mol. The zero-order valence-electron chi connectivity index (χ0n) is 13.4. The van der Waals surface area contributed by atoms with E-state index in [0.29, 0.717) is 26.4 Å². The molecule has 1 aromatic carbocycles. The number of hydrogen-bond acceptors (Lipinski definition) is 4. The molecule has 0 saturated heterocycles. The number of anilines is 1. The van der Waals surface area contributed by atoms with Gasteiger partial charge in [0.05, 0.1) is 10.0 Å². The van der Waals surface area contributed by atoms with E-state index in [-0.39, 0.29) is 17.9 Å². The number of rotatable bonds is 4. The molecule has 1 saturated carbocycles. The maximum atomic E-state index is 12.3. The van der Waals surface area contributed by atoms with Gasteiger partial charge in [-0.05, 0) is 31.0 Å². The number of benzene rings is 1. The third kappa shape index (κ3) is 4.71. The van der Waals surface area contributed by atoms with Gasteiger partial charge in [-0.25, -0.2) is 4.98 Å². The summed E-state index contributed by atoms with van der Waals surface area (Å²) in [7, 11) is 0. The van der Waals surface area contributed by atoms with Gasteiger partial charge in [-0.1, -0.05) is 42.5 Å². The van der Waals surface area contributed by atoms with Crippen LogP contribution < -0.4 is 10.6 Å². The summed E-state index contributed by atoms with van der Waals surface area (Å²) in [5.41, 5.74) is 0.692. The zero-order chi connectivity index (χ0) is 17.8. The molecule has 2 N–H and O–H groups in total. The molecule has 0 aliphatic heterocycles. The molecule has 2 amide bonds. The summed E-state index contributed by atoms with van der Waals surface area (Å²) in [6, 6.07) is 4.85. The lowest BCUT2D eigenvalue weighted by Crippen LogP contribution is -2.36. The van der Waals surface area contributed by atoms with Crippen LogP contribution in [0.25, 0.3) is 0 Å².